The van der Waals surface area contributed by atoms with Crippen molar-refractivity contribution in [3.63, 3.8) is 0 Å². The van der Waals surface area contributed by atoms with Crippen molar-refractivity contribution >= 4 is 23.6 Å². The number of carbonyl (C=O) groups is 2. The first kappa shape index (κ1) is 13.3. The molecule has 14 heavy (non-hydrogen) atoms. The van der Waals surface area contributed by atoms with Crippen LogP contribution in [0.1, 0.15) is 6.92 Å². The van der Waals surface area contributed by atoms with E-state index in [0.29, 0.717) is 12.3 Å². The molecule has 0 N–H and O–H groups in total. The number of carbonyl (C=O) groups excluding carboxylic acids is 2. The summed E-state index contributed by atoms with van der Waals surface area (Å²) in [4.78, 5) is 24.0. The van der Waals surface area contributed by atoms with Gasteiger partial charge in [0.05, 0.1) is 18.8 Å². The second-order valence-corrected chi connectivity index (χ2v) is 4.00. The topological polar surface area (TPSA) is 46.6 Å². The molecule has 4 nitrogen and oxygen atoms in total. The molecule has 1 unspecified atom stereocenters. The number of ether oxygens (including phenoxy) is 1. The van der Waals surface area contributed by atoms with Crippen LogP contribution in [-0.2, 0) is 14.3 Å². The quantitative estimate of drug-likeness (QED) is 0.636. The molecule has 5 heteroatoms. The van der Waals surface area contributed by atoms with Gasteiger partial charge in [-0.2, -0.15) is 11.8 Å². The molecule has 1 amide bonds. The predicted octanol–water partition coefficient (Wildman–Crippen LogP) is 0.617. The molecule has 0 fully saturated rings. The molecule has 0 heterocycles. The van der Waals surface area contributed by atoms with E-state index in [0.717, 1.165) is 0 Å². The maximum absolute atomic E-state index is 11.3. The SMILES string of the molecule is COC(=O)C(C)CN(C)C(=O)CSC. The van der Waals surface area contributed by atoms with Crippen LogP contribution in [0.5, 0.6) is 0 Å². The Kier molecular flexibility index (Phi) is 6.36. The summed E-state index contributed by atoms with van der Waals surface area (Å²) in [5, 5.41) is 0. The Morgan fingerprint density at radius 3 is 2.50 bits per heavy atom. The maximum Gasteiger partial charge on any atom is 0.310 e. The van der Waals surface area contributed by atoms with Gasteiger partial charge >= 0.3 is 5.97 Å². The van der Waals surface area contributed by atoms with E-state index in [4.69, 9.17) is 0 Å². The van der Waals surface area contributed by atoms with Crippen molar-refractivity contribution in [3.8, 4) is 0 Å². The van der Waals surface area contributed by atoms with Gasteiger partial charge in [-0.25, -0.2) is 0 Å². The Labute approximate surface area is 89.0 Å². The van der Waals surface area contributed by atoms with Crippen LogP contribution in [0.25, 0.3) is 0 Å². The van der Waals surface area contributed by atoms with Crippen LogP contribution in [0.2, 0.25) is 0 Å². The first-order valence-corrected chi connectivity index (χ1v) is 5.73. The number of thioether (sulfide) groups is 1. The van der Waals surface area contributed by atoms with Crippen molar-refractivity contribution < 1.29 is 14.3 Å². The van der Waals surface area contributed by atoms with E-state index in [1.54, 1.807) is 18.9 Å². The third kappa shape index (κ3) is 4.50. The summed E-state index contributed by atoms with van der Waals surface area (Å²) in [6.45, 7) is 2.15. The van der Waals surface area contributed by atoms with Crippen molar-refractivity contribution in [2.75, 3.05) is 32.7 Å². The monoisotopic (exact) mass is 219 g/mol. The van der Waals surface area contributed by atoms with Gasteiger partial charge in [0, 0.05) is 13.6 Å². The number of esters is 1. The van der Waals surface area contributed by atoms with Crippen molar-refractivity contribution in [1.29, 1.82) is 0 Å². The molecule has 0 radical (unpaired) electrons. The Hall–Kier alpha value is -0.710. The molecular weight excluding hydrogens is 202 g/mol. The van der Waals surface area contributed by atoms with Crippen molar-refractivity contribution in [1.82, 2.24) is 4.90 Å². The lowest BCUT2D eigenvalue weighted by atomic mass is 10.2. The van der Waals surface area contributed by atoms with Crippen LogP contribution in [0.15, 0.2) is 0 Å². The van der Waals surface area contributed by atoms with Crippen LogP contribution >= 0.6 is 11.8 Å². The maximum atomic E-state index is 11.3. The Bertz CT molecular complexity index is 208. The number of hydrogen-bond acceptors (Lipinski definition) is 4. The smallest absolute Gasteiger partial charge is 0.310 e. The van der Waals surface area contributed by atoms with Gasteiger partial charge in [-0.3, -0.25) is 9.59 Å². The summed E-state index contributed by atoms with van der Waals surface area (Å²) in [6, 6.07) is 0. The number of rotatable bonds is 5. The van der Waals surface area contributed by atoms with E-state index in [-0.39, 0.29) is 17.8 Å². The first-order chi connectivity index (χ1) is 6.52. The highest BCUT2D eigenvalue weighted by molar-refractivity contribution is 7.99. The molecule has 0 saturated carbocycles. The predicted molar refractivity (Wildman–Crippen MR) is 57.2 cm³/mol. The average Bonchev–Trinajstić information content (AvgIpc) is 2.16. The summed E-state index contributed by atoms with van der Waals surface area (Å²) in [6.07, 6.45) is 1.87. The molecule has 0 spiro atoms. The number of methoxy groups -OCH3 is 1. The molecule has 0 aliphatic carbocycles. The Morgan fingerprint density at radius 2 is 2.07 bits per heavy atom. The van der Waals surface area contributed by atoms with Gasteiger partial charge in [0.25, 0.3) is 0 Å². The Balaban J connectivity index is 3.98. The number of hydrogen-bond donors (Lipinski definition) is 0. The van der Waals surface area contributed by atoms with Gasteiger partial charge in [0.15, 0.2) is 0 Å². The van der Waals surface area contributed by atoms with E-state index >= 15 is 0 Å². The molecule has 0 aromatic rings. The van der Waals surface area contributed by atoms with Crippen LogP contribution in [0.3, 0.4) is 0 Å². The van der Waals surface area contributed by atoms with Gasteiger partial charge in [0.2, 0.25) is 5.91 Å². The minimum Gasteiger partial charge on any atom is -0.469 e. The average molecular weight is 219 g/mol. The summed E-state index contributed by atoms with van der Waals surface area (Å²) in [7, 11) is 3.04. The zero-order valence-corrected chi connectivity index (χ0v) is 9.89. The second kappa shape index (κ2) is 6.70. The van der Waals surface area contributed by atoms with Crippen LogP contribution < -0.4 is 0 Å². The standard InChI is InChI=1S/C9H17NO3S/c1-7(9(12)13-3)5-10(2)8(11)6-14-4/h7H,5-6H2,1-4H3. The molecule has 0 bridgehead atoms. The van der Waals surface area contributed by atoms with E-state index in [2.05, 4.69) is 4.74 Å². The number of nitrogens with zero attached hydrogens (tertiary/aromatic N) is 1. The van der Waals surface area contributed by atoms with Gasteiger partial charge in [0.1, 0.15) is 0 Å². The van der Waals surface area contributed by atoms with Crippen LogP contribution in [-0.4, -0.2) is 49.5 Å². The highest BCUT2D eigenvalue weighted by atomic mass is 32.2. The van der Waals surface area contributed by atoms with Gasteiger partial charge < -0.3 is 9.64 Å². The third-order valence-corrected chi connectivity index (χ3v) is 2.38. The van der Waals surface area contributed by atoms with Crippen LogP contribution in [0, 0.1) is 5.92 Å². The van der Waals surface area contributed by atoms with Crippen molar-refractivity contribution in [3.05, 3.63) is 0 Å². The second-order valence-electron chi connectivity index (χ2n) is 3.13. The zero-order valence-electron chi connectivity index (χ0n) is 9.07. The lowest BCUT2D eigenvalue weighted by Gasteiger charge is -2.19. The van der Waals surface area contributed by atoms with Gasteiger partial charge in [-0.15, -0.1) is 0 Å². The minimum atomic E-state index is -0.284. The fraction of sp³-hybridized carbons (Fsp3) is 0.778. The molecule has 1 atom stereocenters. The van der Waals surface area contributed by atoms with Gasteiger partial charge in [-0.1, -0.05) is 6.92 Å². The van der Waals surface area contributed by atoms with Crippen molar-refractivity contribution in [2.45, 2.75) is 6.92 Å². The fourth-order valence-corrected chi connectivity index (χ4v) is 1.49. The highest BCUT2D eigenvalue weighted by Crippen LogP contribution is 2.03. The highest BCUT2D eigenvalue weighted by Gasteiger charge is 2.17. The van der Waals surface area contributed by atoms with Crippen molar-refractivity contribution in [2.24, 2.45) is 5.92 Å². The van der Waals surface area contributed by atoms with E-state index < -0.39 is 0 Å². The lowest BCUT2D eigenvalue weighted by Crippen LogP contribution is -2.35. The summed E-state index contributed by atoms with van der Waals surface area (Å²) in [5.41, 5.74) is 0. The molecular formula is C9H17NO3S. The van der Waals surface area contributed by atoms with Gasteiger partial charge in [-0.05, 0) is 6.26 Å². The largest absolute Gasteiger partial charge is 0.469 e. The summed E-state index contributed by atoms with van der Waals surface area (Å²) < 4.78 is 4.57. The van der Waals surface area contributed by atoms with E-state index in [1.807, 2.05) is 6.26 Å². The Morgan fingerprint density at radius 1 is 1.50 bits per heavy atom. The minimum absolute atomic E-state index is 0.0354. The molecule has 0 aliphatic rings. The molecule has 82 valence electrons. The summed E-state index contributed by atoms with van der Waals surface area (Å²) >= 11 is 1.47. The third-order valence-electron chi connectivity index (χ3n) is 1.84. The lowest BCUT2D eigenvalue weighted by molar-refractivity contribution is -0.145. The molecule has 0 aliphatic heterocycles. The normalized spacial score (nSPS) is 12.0. The number of amides is 1. The molecule has 0 aromatic carbocycles. The first-order valence-electron chi connectivity index (χ1n) is 4.33. The molecule has 0 saturated heterocycles. The zero-order chi connectivity index (χ0) is 11.1. The molecule has 0 rings (SSSR count). The van der Waals surface area contributed by atoms with E-state index in [1.165, 1.54) is 18.9 Å². The summed E-state index contributed by atoms with van der Waals surface area (Å²) in [5.74, 6) is -0.0671. The fourth-order valence-electron chi connectivity index (χ4n) is 1.02. The van der Waals surface area contributed by atoms with E-state index in [9.17, 15) is 9.59 Å². The molecule has 0 aromatic heterocycles. The van der Waals surface area contributed by atoms with Crippen LogP contribution in [0.4, 0.5) is 0 Å².